The standard InChI is InChI=1S/C29H21F4N5O/c1-39-28-18(8-20(30)14-38-28)12-35-25-7-6-17(11-34-25)26-21-5-3-2-4-16(21)9-22(26)24-15-37-27-23(24)10-19(13-36-27)29(31,32)33/h2-11,13-15,26H,12H2,1H3,(H,34,35)(H,36,37). The first kappa shape index (κ1) is 24.6. The third kappa shape index (κ3) is 4.58. The van der Waals surface area contributed by atoms with Gasteiger partial charge in [0, 0.05) is 47.6 Å². The van der Waals surface area contributed by atoms with Gasteiger partial charge in [-0.2, -0.15) is 13.2 Å². The highest BCUT2D eigenvalue weighted by atomic mass is 19.4. The molecule has 1 aliphatic rings. The number of nitrogens with zero attached hydrogens (tertiary/aromatic N) is 3. The average Bonchev–Trinajstić information content (AvgIpc) is 3.53. The van der Waals surface area contributed by atoms with Crippen LogP contribution < -0.4 is 10.1 Å². The number of aromatic nitrogens is 4. The average molecular weight is 532 g/mol. The van der Waals surface area contributed by atoms with Crippen LogP contribution in [0.15, 0.2) is 73.3 Å². The minimum absolute atomic E-state index is 0.246. The number of aromatic amines is 1. The quantitative estimate of drug-likeness (QED) is 0.235. The molecule has 2 N–H and O–H groups in total. The summed E-state index contributed by atoms with van der Waals surface area (Å²) in [5, 5.41) is 3.55. The molecule has 6 rings (SSSR count). The highest BCUT2D eigenvalue weighted by molar-refractivity contribution is 6.01. The lowest BCUT2D eigenvalue weighted by Gasteiger charge is -2.18. The van der Waals surface area contributed by atoms with Crippen molar-refractivity contribution < 1.29 is 22.3 Å². The lowest BCUT2D eigenvalue weighted by Crippen LogP contribution is -2.07. The maximum atomic E-state index is 13.7. The van der Waals surface area contributed by atoms with Crippen LogP contribution in [0.25, 0.3) is 22.7 Å². The normalized spacial score (nSPS) is 14.8. The fourth-order valence-corrected chi connectivity index (χ4v) is 4.96. The minimum atomic E-state index is -4.50. The predicted molar refractivity (Wildman–Crippen MR) is 140 cm³/mol. The summed E-state index contributed by atoms with van der Waals surface area (Å²) < 4.78 is 59.2. The Morgan fingerprint density at radius 1 is 1.00 bits per heavy atom. The highest BCUT2D eigenvalue weighted by Crippen LogP contribution is 2.47. The van der Waals surface area contributed by atoms with Crippen molar-refractivity contribution in [2.75, 3.05) is 12.4 Å². The van der Waals surface area contributed by atoms with Gasteiger partial charge in [0.25, 0.3) is 0 Å². The van der Waals surface area contributed by atoms with Crippen molar-refractivity contribution in [1.82, 2.24) is 19.9 Å². The Morgan fingerprint density at radius 3 is 2.62 bits per heavy atom. The van der Waals surface area contributed by atoms with E-state index >= 15 is 0 Å². The van der Waals surface area contributed by atoms with Gasteiger partial charge < -0.3 is 15.0 Å². The zero-order valence-corrected chi connectivity index (χ0v) is 20.6. The second-order valence-electron chi connectivity index (χ2n) is 9.13. The van der Waals surface area contributed by atoms with Crippen molar-refractivity contribution in [1.29, 1.82) is 0 Å². The number of halogens is 4. The van der Waals surface area contributed by atoms with Gasteiger partial charge in [0.05, 0.1) is 18.9 Å². The Labute approximate surface area is 220 Å². The highest BCUT2D eigenvalue weighted by Gasteiger charge is 2.33. The van der Waals surface area contributed by atoms with Crippen LogP contribution in [0.5, 0.6) is 5.88 Å². The largest absolute Gasteiger partial charge is 0.481 e. The summed E-state index contributed by atoms with van der Waals surface area (Å²) in [6, 6.07) is 14.1. The molecule has 0 radical (unpaired) electrons. The van der Waals surface area contributed by atoms with Crippen molar-refractivity contribution in [3.8, 4) is 5.88 Å². The van der Waals surface area contributed by atoms with E-state index in [4.69, 9.17) is 4.74 Å². The van der Waals surface area contributed by atoms with E-state index in [2.05, 4.69) is 25.3 Å². The van der Waals surface area contributed by atoms with Gasteiger partial charge in [-0.3, -0.25) is 0 Å². The maximum absolute atomic E-state index is 13.7. The molecule has 10 heteroatoms. The van der Waals surface area contributed by atoms with E-state index in [1.54, 1.807) is 12.4 Å². The molecular weight excluding hydrogens is 510 g/mol. The van der Waals surface area contributed by atoms with Gasteiger partial charge in [0.15, 0.2) is 0 Å². The summed E-state index contributed by atoms with van der Waals surface area (Å²) in [5.41, 5.74) is 4.51. The van der Waals surface area contributed by atoms with Crippen molar-refractivity contribution in [3.05, 3.63) is 113 Å². The third-order valence-electron chi connectivity index (χ3n) is 6.76. The fraction of sp³-hybridized carbons (Fsp3) is 0.138. The number of hydrogen-bond acceptors (Lipinski definition) is 5. The number of nitrogens with one attached hydrogen (secondary N) is 2. The van der Waals surface area contributed by atoms with Crippen LogP contribution >= 0.6 is 0 Å². The Kier molecular flexibility index (Phi) is 6.02. The molecule has 1 unspecified atom stereocenters. The van der Waals surface area contributed by atoms with Gasteiger partial charge in [0.2, 0.25) is 5.88 Å². The topological polar surface area (TPSA) is 75.7 Å². The summed E-state index contributed by atoms with van der Waals surface area (Å²) in [4.78, 5) is 15.5. The summed E-state index contributed by atoms with van der Waals surface area (Å²) in [5.74, 6) is 0.168. The molecule has 4 heterocycles. The van der Waals surface area contributed by atoms with E-state index in [1.165, 1.54) is 13.2 Å². The van der Waals surface area contributed by atoms with Crippen LogP contribution in [0.4, 0.5) is 23.4 Å². The van der Waals surface area contributed by atoms with Gasteiger partial charge in [-0.1, -0.05) is 30.3 Å². The molecule has 39 heavy (non-hydrogen) atoms. The lowest BCUT2D eigenvalue weighted by atomic mass is 9.86. The number of alkyl halides is 3. The number of anilines is 1. The molecule has 0 aliphatic heterocycles. The smallest absolute Gasteiger partial charge is 0.417 e. The van der Waals surface area contributed by atoms with Crippen LogP contribution in [-0.4, -0.2) is 27.0 Å². The third-order valence-corrected chi connectivity index (χ3v) is 6.76. The molecule has 0 saturated heterocycles. The molecule has 0 saturated carbocycles. The van der Waals surface area contributed by atoms with E-state index in [1.807, 2.05) is 42.5 Å². The number of benzene rings is 1. The summed E-state index contributed by atoms with van der Waals surface area (Å²) in [7, 11) is 1.47. The fourth-order valence-electron chi connectivity index (χ4n) is 4.96. The lowest BCUT2D eigenvalue weighted by molar-refractivity contribution is -0.137. The van der Waals surface area contributed by atoms with Crippen molar-refractivity contribution >= 4 is 28.5 Å². The SMILES string of the molecule is COc1ncc(F)cc1CNc1ccc(C2C(c3c[nH]c4ncc(C(F)(F)F)cc34)=Cc3ccccc32)cn1. The van der Waals surface area contributed by atoms with Crippen LogP contribution in [0.2, 0.25) is 0 Å². The van der Waals surface area contributed by atoms with Crippen LogP contribution in [0.3, 0.4) is 0 Å². The molecule has 0 amide bonds. The number of H-pyrrole nitrogens is 1. The van der Waals surface area contributed by atoms with Gasteiger partial charge in [-0.05, 0) is 46.5 Å². The number of ether oxygens (including phenoxy) is 1. The minimum Gasteiger partial charge on any atom is -0.481 e. The van der Waals surface area contributed by atoms with E-state index in [0.717, 1.165) is 40.7 Å². The second kappa shape index (κ2) is 9.54. The van der Waals surface area contributed by atoms with Crippen LogP contribution in [0.1, 0.15) is 39.3 Å². The van der Waals surface area contributed by atoms with Crippen molar-refractivity contribution in [3.63, 3.8) is 0 Å². The number of rotatable bonds is 6. The Morgan fingerprint density at radius 2 is 1.85 bits per heavy atom. The van der Waals surface area contributed by atoms with E-state index in [-0.39, 0.29) is 12.5 Å². The van der Waals surface area contributed by atoms with E-state index in [0.29, 0.717) is 33.9 Å². The molecular formula is C29H21F4N5O. The number of fused-ring (bicyclic) bond motifs is 2. The number of allylic oxidation sites excluding steroid dienone is 1. The van der Waals surface area contributed by atoms with Gasteiger partial charge in [-0.25, -0.2) is 19.3 Å². The molecule has 0 fully saturated rings. The van der Waals surface area contributed by atoms with Gasteiger partial charge in [0.1, 0.15) is 17.3 Å². The molecule has 4 aromatic heterocycles. The first-order valence-corrected chi connectivity index (χ1v) is 12.1. The molecule has 1 aliphatic carbocycles. The van der Waals surface area contributed by atoms with Crippen LogP contribution in [-0.2, 0) is 12.7 Å². The molecule has 6 nitrogen and oxygen atoms in total. The predicted octanol–water partition coefficient (Wildman–Crippen LogP) is 6.82. The Hall–Kier alpha value is -4.73. The number of hydrogen-bond donors (Lipinski definition) is 2. The van der Waals surface area contributed by atoms with Gasteiger partial charge in [-0.15, -0.1) is 0 Å². The number of pyridine rings is 3. The summed E-state index contributed by atoms with van der Waals surface area (Å²) in [6.07, 6.45) is 2.86. The van der Waals surface area contributed by atoms with E-state index < -0.39 is 17.6 Å². The molecule has 1 aromatic carbocycles. The maximum Gasteiger partial charge on any atom is 0.417 e. The van der Waals surface area contributed by atoms with Crippen molar-refractivity contribution in [2.45, 2.75) is 18.6 Å². The van der Waals surface area contributed by atoms with E-state index in [9.17, 15) is 17.6 Å². The van der Waals surface area contributed by atoms with Crippen LogP contribution in [0, 0.1) is 5.82 Å². The Balaban J connectivity index is 1.33. The molecule has 0 spiro atoms. The van der Waals surface area contributed by atoms with Crippen molar-refractivity contribution in [2.24, 2.45) is 0 Å². The Bertz CT molecular complexity index is 1710. The second-order valence-corrected chi connectivity index (χ2v) is 9.13. The molecule has 0 bridgehead atoms. The molecule has 5 aromatic rings. The number of methoxy groups -OCH3 is 1. The zero-order valence-electron chi connectivity index (χ0n) is 20.6. The first-order chi connectivity index (χ1) is 18.8. The zero-order chi connectivity index (χ0) is 27.1. The summed E-state index contributed by atoms with van der Waals surface area (Å²) >= 11 is 0. The molecule has 196 valence electrons. The molecule has 1 atom stereocenters. The summed E-state index contributed by atoms with van der Waals surface area (Å²) in [6.45, 7) is 0.252. The van der Waals surface area contributed by atoms with Gasteiger partial charge >= 0.3 is 6.18 Å². The first-order valence-electron chi connectivity index (χ1n) is 12.1. The monoisotopic (exact) mass is 531 g/mol.